The Morgan fingerprint density at radius 2 is 1.77 bits per heavy atom. The highest BCUT2D eigenvalue weighted by atomic mass is 16.6. The SMILES string of the molecule is COc1ccc(CN2Cc3cc4ccc(OC)cc4nc3OC2=O)cc1. The smallest absolute Gasteiger partial charge is 0.417 e. The molecule has 26 heavy (non-hydrogen) atoms. The van der Waals surface area contributed by atoms with Crippen LogP contribution in [0.25, 0.3) is 10.9 Å². The number of aromatic nitrogens is 1. The maximum Gasteiger partial charge on any atom is 0.417 e. The number of benzene rings is 2. The van der Waals surface area contributed by atoms with Crippen LogP contribution in [-0.4, -0.2) is 30.2 Å². The third-order valence-electron chi connectivity index (χ3n) is 4.40. The van der Waals surface area contributed by atoms with Gasteiger partial charge in [0.2, 0.25) is 5.88 Å². The number of nitrogens with zero attached hydrogens (tertiary/aromatic N) is 2. The Labute approximate surface area is 150 Å². The summed E-state index contributed by atoms with van der Waals surface area (Å²) in [6, 6.07) is 15.3. The maximum absolute atomic E-state index is 12.4. The Bertz CT molecular complexity index is 969. The molecule has 0 saturated heterocycles. The van der Waals surface area contributed by atoms with E-state index in [2.05, 4.69) is 4.98 Å². The zero-order valence-corrected chi connectivity index (χ0v) is 14.6. The monoisotopic (exact) mass is 350 g/mol. The van der Waals surface area contributed by atoms with Crippen LogP contribution >= 0.6 is 0 Å². The molecular weight excluding hydrogens is 332 g/mol. The topological polar surface area (TPSA) is 60.9 Å². The first-order valence-electron chi connectivity index (χ1n) is 8.23. The van der Waals surface area contributed by atoms with Crippen LogP contribution in [-0.2, 0) is 13.1 Å². The van der Waals surface area contributed by atoms with E-state index in [0.717, 1.165) is 27.8 Å². The van der Waals surface area contributed by atoms with Crippen molar-refractivity contribution in [3.05, 3.63) is 59.7 Å². The van der Waals surface area contributed by atoms with Crippen molar-refractivity contribution in [3.8, 4) is 17.4 Å². The molecule has 3 aromatic rings. The number of methoxy groups -OCH3 is 2. The summed E-state index contributed by atoms with van der Waals surface area (Å²) in [4.78, 5) is 18.5. The van der Waals surface area contributed by atoms with Gasteiger partial charge in [-0.3, -0.25) is 4.90 Å². The fraction of sp³-hybridized carbons (Fsp3) is 0.200. The van der Waals surface area contributed by atoms with E-state index >= 15 is 0 Å². The van der Waals surface area contributed by atoms with Crippen molar-refractivity contribution in [1.82, 2.24) is 9.88 Å². The van der Waals surface area contributed by atoms with Gasteiger partial charge in [-0.2, -0.15) is 0 Å². The first-order valence-corrected chi connectivity index (χ1v) is 8.23. The van der Waals surface area contributed by atoms with Gasteiger partial charge in [-0.15, -0.1) is 0 Å². The Kier molecular flexibility index (Phi) is 4.08. The van der Waals surface area contributed by atoms with Crippen LogP contribution in [0, 0.1) is 0 Å². The highest BCUT2D eigenvalue weighted by Gasteiger charge is 2.26. The maximum atomic E-state index is 12.4. The summed E-state index contributed by atoms with van der Waals surface area (Å²) in [5.41, 5.74) is 2.62. The van der Waals surface area contributed by atoms with Crippen LogP contribution in [0.2, 0.25) is 0 Å². The van der Waals surface area contributed by atoms with Gasteiger partial charge in [-0.05, 0) is 35.9 Å². The van der Waals surface area contributed by atoms with Gasteiger partial charge in [0.05, 0.1) is 26.3 Å². The van der Waals surface area contributed by atoms with Gasteiger partial charge >= 0.3 is 6.09 Å². The minimum absolute atomic E-state index is 0.363. The lowest BCUT2D eigenvalue weighted by Crippen LogP contribution is -2.36. The lowest BCUT2D eigenvalue weighted by atomic mass is 10.1. The van der Waals surface area contributed by atoms with Crippen molar-refractivity contribution in [2.45, 2.75) is 13.1 Å². The van der Waals surface area contributed by atoms with Crippen molar-refractivity contribution in [3.63, 3.8) is 0 Å². The molecule has 1 aliphatic heterocycles. The van der Waals surface area contributed by atoms with Crippen molar-refractivity contribution in [2.24, 2.45) is 0 Å². The van der Waals surface area contributed by atoms with Crippen LogP contribution in [0.1, 0.15) is 11.1 Å². The summed E-state index contributed by atoms with van der Waals surface area (Å²) in [5, 5.41) is 0.979. The molecule has 6 nitrogen and oxygen atoms in total. The minimum Gasteiger partial charge on any atom is -0.497 e. The molecule has 0 fully saturated rings. The molecule has 1 amide bonds. The average molecular weight is 350 g/mol. The van der Waals surface area contributed by atoms with Gasteiger partial charge in [0, 0.05) is 23.6 Å². The van der Waals surface area contributed by atoms with E-state index in [0.29, 0.717) is 24.7 Å². The molecule has 0 bridgehead atoms. The molecule has 0 spiro atoms. The average Bonchev–Trinajstić information content (AvgIpc) is 2.67. The Morgan fingerprint density at radius 3 is 2.50 bits per heavy atom. The predicted molar refractivity (Wildman–Crippen MR) is 96.6 cm³/mol. The highest BCUT2D eigenvalue weighted by Crippen LogP contribution is 2.30. The van der Waals surface area contributed by atoms with Crippen molar-refractivity contribution < 1.29 is 19.0 Å². The van der Waals surface area contributed by atoms with Gasteiger partial charge in [0.1, 0.15) is 11.5 Å². The number of rotatable bonds is 4. The fourth-order valence-electron chi connectivity index (χ4n) is 2.99. The number of amides is 1. The Hall–Kier alpha value is -3.28. The van der Waals surface area contributed by atoms with Crippen molar-refractivity contribution in [1.29, 1.82) is 0 Å². The first-order chi connectivity index (χ1) is 12.7. The van der Waals surface area contributed by atoms with Crippen LogP contribution in [0.3, 0.4) is 0 Å². The van der Waals surface area contributed by atoms with E-state index in [-0.39, 0.29) is 0 Å². The Morgan fingerprint density at radius 1 is 1.04 bits per heavy atom. The number of hydrogen-bond donors (Lipinski definition) is 0. The zero-order valence-electron chi connectivity index (χ0n) is 14.6. The van der Waals surface area contributed by atoms with Gasteiger partial charge in [0.15, 0.2) is 0 Å². The largest absolute Gasteiger partial charge is 0.497 e. The lowest BCUT2D eigenvalue weighted by molar-refractivity contribution is 0.133. The molecule has 0 saturated carbocycles. The number of carbonyl (C=O) groups excluding carboxylic acids is 1. The van der Waals surface area contributed by atoms with Gasteiger partial charge in [0.25, 0.3) is 0 Å². The standard InChI is InChI=1S/C20H18N2O4/c1-24-16-6-3-13(4-7-16)11-22-12-15-9-14-5-8-17(25-2)10-18(14)21-19(15)26-20(22)23/h3-10H,11-12H2,1-2H3. The van der Waals surface area contributed by atoms with Gasteiger partial charge in [-0.1, -0.05) is 12.1 Å². The summed E-state index contributed by atoms with van der Waals surface area (Å²) < 4.78 is 15.8. The third-order valence-corrected chi connectivity index (χ3v) is 4.40. The number of pyridine rings is 1. The number of hydrogen-bond acceptors (Lipinski definition) is 5. The zero-order chi connectivity index (χ0) is 18.1. The summed E-state index contributed by atoms with van der Waals surface area (Å²) in [6.45, 7) is 0.915. The van der Waals surface area contributed by atoms with Crippen LogP contribution in [0.15, 0.2) is 48.5 Å². The third kappa shape index (κ3) is 3.01. The molecular formula is C20H18N2O4. The normalized spacial score (nSPS) is 13.3. The van der Waals surface area contributed by atoms with Crippen LogP contribution in [0.4, 0.5) is 4.79 Å². The van der Waals surface area contributed by atoms with E-state index in [9.17, 15) is 4.79 Å². The van der Waals surface area contributed by atoms with Crippen molar-refractivity contribution in [2.75, 3.05) is 14.2 Å². The molecule has 0 N–H and O–H groups in total. The molecule has 1 aliphatic rings. The van der Waals surface area contributed by atoms with E-state index < -0.39 is 6.09 Å². The van der Waals surface area contributed by atoms with Crippen LogP contribution < -0.4 is 14.2 Å². The number of fused-ring (bicyclic) bond motifs is 2. The molecule has 2 heterocycles. The minimum atomic E-state index is -0.400. The molecule has 132 valence electrons. The molecule has 0 atom stereocenters. The second-order valence-corrected chi connectivity index (χ2v) is 6.08. The summed E-state index contributed by atoms with van der Waals surface area (Å²) in [5.74, 6) is 1.86. The van der Waals surface area contributed by atoms with E-state index in [1.807, 2.05) is 48.5 Å². The van der Waals surface area contributed by atoms with Crippen molar-refractivity contribution >= 4 is 17.0 Å². The lowest BCUT2D eigenvalue weighted by Gasteiger charge is -2.27. The summed E-state index contributed by atoms with van der Waals surface area (Å²) in [7, 11) is 3.23. The summed E-state index contributed by atoms with van der Waals surface area (Å²) >= 11 is 0. The molecule has 1 aromatic heterocycles. The predicted octanol–water partition coefficient (Wildman–Crippen LogP) is 3.77. The molecule has 0 unspecified atom stereocenters. The number of carbonyl (C=O) groups is 1. The van der Waals surface area contributed by atoms with Gasteiger partial charge in [-0.25, -0.2) is 9.78 Å². The second kappa shape index (κ2) is 6.55. The van der Waals surface area contributed by atoms with E-state index in [1.54, 1.807) is 19.1 Å². The summed E-state index contributed by atoms with van der Waals surface area (Å²) in [6.07, 6.45) is -0.400. The van der Waals surface area contributed by atoms with Gasteiger partial charge < -0.3 is 14.2 Å². The molecule has 0 radical (unpaired) electrons. The van der Waals surface area contributed by atoms with E-state index in [4.69, 9.17) is 14.2 Å². The fourth-order valence-corrected chi connectivity index (χ4v) is 2.99. The number of ether oxygens (including phenoxy) is 3. The molecule has 6 heteroatoms. The molecule has 4 rings (SSSR count). The van der Waals surface area contributed by atoms with Crippen LogP contribution in [0.5, 0.6) is 17.4 Å². The quantitative estimate of drug-likeness (QED) is 0.717. The highest BCUT2D eigenvalue weighted by molar-refractivity contribution is 5.83. The second-order valence-electron chi connectivity index (χ2n) is 6.08. The van der Waals surface area contributed by atoms with E-state index in [1.165, 1.54) is 0 Å². The molecule has 2 aromatic carbocycles. The molecule has 0 aliphatic carbocycles. The first kappa shape index (κ1) is 16.2. The Balaban J connectivity index is 1.60.